The van der Waals surface area contributed by atoms with Crippen molar-refractivity contribution in [2.75, 3.05) is 18.9 Å². The topological polar surface area (TPSA) is 34.1 Å². The van der Waals surface area contributed by atoms with Gasteiger partial charge in [-0.05, 0) is 67.0 Å². The summed E-state index contributed by atoms with van der Waals surface area (Å²) in [5, 5.41) is 0. The van der Waals surface area contributed by atoms with Crippen LogP contribution in [0.5, 0.6) is 17.2 Å². The van der Waals surface area contributed by atoms with E-state index in [1.54, 1.807) is 11.9 Å². The quantitative estimate of drug-likeness (QED) is 0.691. The highest BCUT2D eigenvalue weighted by molar-refractivity contribution is 7.98. The first-order chi connectivity index (χ1) is 13.8. The zero-order valence-corrected chi connectivity index (χ0v) is 16.7. The van der Waals surface area contributed by atoms with Crippen LogP contribution in [0.15, 0.2) is 46.9 Å². The Balaban J connectivity index is 1.28. The van der Waals surface area contributed by atoms with Gasteiger partial charge in [0.1, 0.15) is 23.1 Å². The number of piperidine rings is 2. The number of hydrogen-bond donors (Lipinski definition) is 0. The lowest BCUT2D eigenvalue weighted by Crippen LogP contribution is -2.61. The van der Waals surface area contributed by atoms with Gasteiger partial charge in [0.05, 0.1) is 12.0 Å². The molecule has 1 saturated carbocycles. The molecule has 5 heteroatoms. The lowest BCUT2D eigenvalue weighted by Gasteiger charge is -2.55. The third-order valence-electron chi connectivity index (χ3n) is 6.83. The second-order valence-corrected chi connectivity index (χ2v) is 9.10. The van der Waals surface area contributed by atoms with E-state index in [0.717, 1.165) is 42.6 Å². The maximum absolute atomic E-state index is 6.10. The molecule has 28 heavy (non-hydrogen) atoms. The monoisotopic (exact) mass is 392 g/mol. The van der Waals surface area contributed by atoms with E-state index in [9.17, 15) is 0 Å². The molecular weight excluding hydrogens is 368 g/mol. The Morgan fingerprint density at radius 2 is 1.89 bits per heavy atom. The molecule has 2 bridgehead atoms. The molecule has 0 aromatic heterocycles. The number of rotatable bonds is 3. The average Bonchev–Trinajstić information content (AvgIpc) is 3.23. The van der Waals surface area contributed by atoms with Gasteiger partial charge in [0.25, 0.3) is 0 Å². The molecular formula is C23H24N2O2S. The van der Waals surface area contributed by atoms with Crippen molar-refractivity contribution in [1.29, 1.82) is 0 Å². The van der Waals surface area contributed by atoms with Crippen LogP contribution in [0.25, 0.3) is 0 Å². The van der Waals surface area contributed by atoms with Gasteiger partial charge >= 0.3 is 0 Å². The highest BCUT2D eigenvalue weighted by atomic mass is 32.2. The van der Waals surface area contributed by atoms with Gasteiger partial charge in [-0.1, -0.05) is 18.2 Å². The van der Waals surface area contributed by atoms with Crippen molar-refractivity contribution in [3.05, 3.63) is 53.6 Å². The van der Waals surface area contributed by atoms with Crippen LogP contribution in [0.1, 0.15) is 36.8 Å². The largest absolute Gasteiger partial charge is 0.493 e. The smallest absolute Gasteiger partial charge is 0.131 e. The summed E-state index contributed by atoms with van der Waals surface area (Å²) in [5.41, 5.74) is 2.76. The van der Waals surface area contributed by atoms with Crippen LogP contribution in [0.4, 0.5) is 0 Å². The molecule has 4 aliphatic heterocycles. The predicted molar refractivity (Wildman–Crippen MR) is 113 cm³/mol. The minimum absolute atomic E-state index is 0.0993. The molecule has 0 N–H and O–H groups in total. The van der Waals surface area contributed by atoms with Gasteiger partial charge in [-0.2, -0.15) is 0 Å². The van der Waals surface area contributed by atoms with Crippen molar-refractivity contribution < 1.29 is 9.47 Å². The Labute approximate surface area is 170 Å². The predicted octanol–water partition coefficient (Wildman–Crippen LogP) is 4.97. The van der Waals surface area contributed by atoms with Crippen LogP contribution in [-0.2, 0) is 11.8 Å². The summed E-state index contributed by atoms with van der Waals surface area (Å²) in [6, 6.07) is 15.6. The number of benzene rings is 2. The Bertz CT molecular complexity index is 932. The van der Waals surface area contributed by atoms with E-state index >= 15 is 0 Å². The first kappa shape index (κ1) is 16.8. The van der Waals surface area contributed by atoms with E-state index in [-0.39, 0.29) is 5.41 Å². The molecule has 0 amide bonds. The molecule has 2 saturated heterocycles. The summed E-state index contributed by atoms with van der Waals surface area (Å²) in [7, 11) is 0. The summed E-state index contributed by atoms with van der Waals surface area (Å²) in [4.78, 5) is 2.60. The first-order valence-electron chi connectivity index (χ1n) is 10.3. The van der Waals surface area contributed by atoms with Gasteiger partial charge in [0, 0.05) is 30.8 Å². The molecule has 5 aliphatic rings. The van der Waals surface area contributed by atoms with E-state index in [1.807, 2.05) is 12.1 Å². The van der Waals surface area contributed by atoms with Crippen LogP contribution in [-0.4, -0.2) is 35.7 Å². The second kappa shape index (κ2) is 6.45. The van der Waals surface area contributed by atoms with E-state index in [4.69, 9.17) is 13.9 Å². The summed E-state index contributed by atoms with van der Waals surface area (Å²) >= 11 is 1.74. The van der Waals surface area contributed by atoms with Gasteiger partial charge in [0.2, 0.25) is 0 Å². The Morgan fingerprint density at radius 3 is 2.75 bits per heavy atom. The zero-order valence-electron chi connectivity index (χ0n) is 15.9. The second-order valence-electron chi connectivity index (χ2n) is 8.25. The molecule has 0 radical (unpaired) electrons. The van der Waals surface area contributed by atoms with Gasteiger partial charge in [-0.15, -0.1) is 0 Å². The number of ether oxygens (including phenoxy) is 2. The summed E-state index contributed by atoms with van der Waals surface area (Å²) in [5.74, 6) is 5.12. The summed E-state index contributed by atoms with van der Waals surface area (Å²) < 4.78 is 16.7. The van der Waals surface area contributed by atoms with Crippen molar-refractivity contribution in [2.24, 2.45) is 4.40 Å². The normalized spacial score (nSPS) is 27.6. The minimum Gasteiger partial charge on any atom is -0.493 e. The minimum atomic E-state index is 0.0993. The van der Waals surface area contributed by atoms with Gasteiger partial charge in [0.15, 0.2) is 0 Å². The van der Waals surface area contributed by atoms with Crippen molar-refractivity contribution in [2.45, 2.75) is 43.6 Å². The first-order valence-corrected chi connectivity index (χ1v) is 11.3. The molecule has 2 aromatic rings. The fraction of sp³-hybridized carbons (Fsp3) is 0.435. The lowest BCUT2D eigenvalue weighted by atomic mass is 9.63. The maximum atomic E-state index is 6.10. The SMILES string of the molecule is c1cc(C23CCC(CC2)N2CCSN=C23)ccc1Oc1ccc2c(c1)OCC2. The lowest BCUT2D eigenvalue weighted by molar-refractivity contribution is 0.153. The molecule has 144 valence electrons. The van der Waals surface area contributed by atoms with Crippen molar-refractivity contribution in [3.8, 4) is 17.2 Å². The van der Waals surface area contributed by atoms with Crippen LogP contribution in [0.2, 0.25) is 0 Å². The molecule has 7 rings (SSSR count). The number of amidine groups is 1. The van der Waals surface area contributed by atoms with E-state index in [0.29, 0.717) is 6.04 Å². The Morgan fingerprint density at radius 1 is 1.07 bits per heavy atom. The highest BCUT2D eigenvalue weighted by Crippen LogP contribution is 2.50. The molecule has 4 heterocycles. The van der Waals surface area contributed by atoms with Crippen LogP contribution in [0.3, 0.4) is 0 Å². The Kier molecular flexibility index (Phi) is 3.86. The molecule has 1 aliphatic carbocycles. The average molecular weight is 393 g/mol. The summed E-state index contributed by atoms with van der Waals surface area (Å²) in [6.45, 7) is 1.92. The third-order valence-corrected chi connectivity index (χ3v) is 7.50. The van der Waals surface area contributed by atoms with Gasteiger partial charge < -0.3 is 14.4 Å². The number of hydrogen-bond acceptors (Lipinski definition) is 5. The van der Waals surface area contributed by atoms with E-state index < -0.39 is 0 Å². The number of nitrogens with zero attached hydrogens (tertiary/aromatic N) is 2. The summed E-state index contributed by atoms with van der Waals surface area (Å²) in [6.07, 6.45) is 6.01. The Hall–Kier alpha value is -2.14. The molecule has 3 fully saturated rings. The number of fused-ring (bicyclic) bond motifs is 3. The fourth-order valence-electron chi connectivity index (χ4n) is 5.36. The van der Waals surface area contributed by atoms with Crippen molar-refractivity contribution in [1.82, 2.24) is 4.90 Å². The van der Waals surface area contributed by atoms with Gasteiger partial charge in [-0.25, -0.2) is 4.40 Å². The highest BCUT2D eigenvalue weighted by Gasteiger charge is 2.51. The van der Waals surface area contributed by atoms with Crippen molar-refractivity contribution in [3.63, 3.8) is 0 Å². The molecule has 4 nitrogen and oxygen atoms in total. The van der Waals surface area contributed by atoms with Crippen molar-refractivity contribution >= 4 is 17.8 Å². The van der Waals surface area contributed by atoms with Crippen LogP contribution in [0, 0.1) is 0 Å². The van der Waals surface area contributed by atoms with Crippen LogP contribution < -0.4 is 9.47 Å². The van der Waals surface area contributed by atoms with E-state index in [2.05, 4.69) is 35.2 Å². The van der Waals surface area contributed by atoms with Gasteiger partial charge in [-0.3, -0.25) is 0 Å². The molecule has 0 atom stereocenters. The third kappa shape index (κ3) is 2.55. The van der Waals surface area contributed by atoms with Crippen LogP contribution >= 0.6 is 11.9 Å². The fourth-order valence-corrected chi connectivity index (χ4v) is 6.13. The standard InChI is InChI=1S/C23H24N2O2S/c1-4-20(15-21-16(1)9-13-26-21)27-19-5-2-17(3-6-19)23-10-7-18(8-11-23)25-12-14-28-24-22(23)25/h1-6,15,18H,7-14H2. The van der Waals surface area contributed by atoms with E-state index in [1.165, 1.54) is 42.6 Å². The maximum Gasteiger partial charge on any atom is 0.131 e. The molecule has 0 unspecified atom stereocenters. The zero-order chi connectivity index (χ0) is 18.6. The molecule has 0 spiro atoms. The molecule has 2 aromatic carbocycles.